The molecule has 0 aliphatic carbocycles. The molecule has 1 aromatic rings. The monoisotopic (exact) mass is 298 g/mol. The van der Waals surface area contributed by atoms with Crippen molar-refractivity contribution in [3.05, 3.63) is 33.9 Å². The Balaban J connectivity index is 2.21. The van der Waals surface area contributed by atoms with Gasteiger partial charge in [-0.15, -0.1) is 0 Å². The minimum atomic E-state index is -1.74. The number of hydrogen-bond acceptors (Lipinski definition) is 6. The Morgan fingerprint density at radius 1 is 1.43 bits per heavy atom. The number of rotatable bonds is 5. The highest BCUT2D eigenvalue weighted by Gasteiger charge is 2.26. The van der Waals surface area contributed by atoms with E-state index in [-0.39, 0.29) is 11.3 Å². The molecule has 7 nitrogen and oxygen atoms in total. The summed E-state index contributed by atoms with van der Waals surface area (Å²) in [5, 5.41) is 11.0. The van der Waals surface area contributed by atoms with Crippen molar-refractivity contribution >= 4 is 11.7 Å². The molecule has 1 atom stereocenters. The minimum Gasteiger partial charge on any atom is -0.465 e. The number of hydrogen-bond donors (Lipinski definition) is 0. The largest absolute Gasteiger partial charge is 0.465 e. The topological polar surface area (TPSA) is 81.9 Å². The van der Waals surface area contributed by atoms with Crippen molar-refractivity contribution in [2.75, 3.05) is 20.2 Å². The van der Waals surface area contributed by atoms with Crippen molar-refractivity contribution in [3.8, 4) is 5.75 Å². The molecule has 2 rings (SSSR count). The fraction of sp³-hybridized carbons (Fsp3) is 0.462. The maximum absolute atomic E-state index is 14.0. The van der Waals surface area contributed by atoms with E-state index in [1.54, 1.807) is 0 Å². The van der Waals surface area contributed by atoms with Gasteiger partial charge in [0, 0.05) is 19.2 Å². The van der Waals surface area contributed by atoms with E-state index >= 15 is 0 Å². The molecular formula is C13H15FN2O5. The van der Waals surface area contributed by atoms with Crippen molar-refractivity contribution in [2.24, 2.45) is 0 Å². The molecule has 1 aliphatic heterocycles. The van der Waals surface area contributed by atoms with Crippen LogP contribution in [0.1, 0.15) is 23.2 Å². The zero-order valence-corrected chi connectivity index (χ0v) is 11.5. The van der Waals surface area contributed by atoms with Gasteiger partial charge >= 0.3 is 11.7 Å². The van der Waals surface area contributed by atoms with Crippen LogP contribution in [0.15, 0.2) is 18.2 Å². The maximum atomic E-state index is 14.0. The molecule has 1 fully saturated rings. The maximum Gasteiger partial charge on any atom is 0.338 e. The lowest BCUT2D eigenvalue weighted by molar-refractivity contribution is -0.386. The first-order valence-corrected chi connectivity index (χ1v) is 6.44. The summed E-state index contributed by atoms with van der Waals surface area (Å²) in [4.78, 5) is 23.1. The van der Waals surface area contributed by atoms with Gasteiger partial charge in [0.2, 0.25) is 5.75 Å². The zero-order chi connectivity index (χ0) is 15.4. The lowest BCUT2D eigenvalue weighted by atomic mass is 10.2. The van der Waals surface area contributed by atoms with E-state index in [0.29, 0.717) is 13.1 Å². The fourth-order valence-electron chi connectivity index (χ4n) is 2.13. The van der Waals surface area contributed by atoms with Crippen molar-refractivity contribution < 1.29 is 23.6 Å². The molecule has 114 valence electrons. The predicted molar refractivity (Wildman–Crippen MR) is 70.8 cm³/mol. The Morgan fingerprint density at radius 3 is 2.67 bits per heavy atom. The fourth-order valence-corrected chi connectivity index (χ4v) is 2.13. The molecule has 1 aliphatic rings. The van der Waals surface area contributed by atoms with Crippen LogP contribution >= 0.6 is 0 Å². The number of nitro benzene ring substituents is 1. The van der Waals surface area contributed by atoms with E-state index in [2.05, 4.69) is 4.74 Å². The average Bonchev–Trinajstić information content (AvgIpc) is 3.00. The normalized spacial score (nSPS) is 16.5. The summed E-state index contributed by atoms with van der Waals surface area (Å²) in [6.07, 6.45) is 1.74. The van der Waals surface area contributed by atoms with E-state index in [0.717, 1.165) is 18.9 Å². The summed E-state index contributed by atoms with van der Waals surface area (Å²) in [7, 11) is 1.17. The number of alkyl halides is 1. The molecule has 0 aromatic heterocycles. The Bertz CT molecular complexity index is 545. The van der Waals surface area contributed by atoms with Crippen molar-refractivity contribution in [1.82, 2.24) is 4.90 Å². The molecule has 0 N–H and O–H groups in total. The number of methoxy groups -OCH3 is 1. The highest BCUT2D eigenvalue weighted by Crippen LogP contribution is 2.30. The second-order valence-electron chi connectivity index (χ2n) is 4.58. The predicted octanol–water partition coefficient (Wildman–Crippen LogP) is 2.11. The average molecular weight is 298 g/mol. The molecule has 0 saturated carbocycles. The molecule has 1 saturated heterocycles. The van der Waals surface area contributed by atoms with Crippen LogP contribution < -0.4 is 4.74 Å². The van der Waals surface area contributed by atoms with Gasteiger partial charge in [-0.3, -0.25) is 10.1 Å². The number of esters is 1. The first-order valence-electron chi connectivity index (χ1n) is 6.44. The zero-order valence-electron chi connectivity index (χ0n) is 11.5. The number of halogens is 1. The third-order valence-electron chi connectivity index (χ3n) is 3.23. The van der Waals surface area contributed by atoms with Crippen LogP contribution in [0.4, 0.5) is 10.1 Å². The van der Waals surface area contributed by atoms with Gasteiger partial charge in [0.15, 0.2) is 0 Å². The van der Waals surface area contributed by atoms with E-state index in [4.69, 9.17) is 4.74 Å². The van der Waals surface area contributed by atoms with Crippen LogP contribution in [0, 0.1) is 10.1 Å². The SMILES string of the molecule is COC(=O)c1ccc(OC(F)N2CCCC2)c([N+](=O)[O-])c1. The molecule has 0 spiro atoms. The quantitative estimate of drug-likeness (QED) is 0.358. The van der Waals surface area contributed by atoms with Crippen LogP contribution in [-0.2, 0) is 4.74 Å². The molecule has 0 radical (unpaired) electrons. The van der Waals surface area contributed by atoms with Gasteiger partial charge in [0.05, 0.1) is 17.6 Å². The summed E-state index contributed by atoms with van der Waals surface area (Å²) in [6.45, 7) is -0.639. The van der Waals surface area contributed by atoms with Crippen molar-refractivity contribution in [1.29, 1.82) is 0 Å². The Hall–Kier alpha value is -2.22. The van der Waals surface area contributed by atoms with Crippen molar-refractivity contribution in [2.45, 2.75) is 19.3 Å². The minimum absolute atomic E-state index is 0.00753. The highest BCUT2D eigenvalue weighted by atomic mass is 19.1. The van der Waals surface area contributed by atoms with Crippen LogP contribution in [0.5, 0.6) is 5.75 Å². The summed E-state index contributed by atoms with van der Waals surface area (Å²) in [6, 6.07) is 3.51. The summed E-state index contributed by atoms with van der Waals surface area (Å²) >= 11 is 0. The van der Waals surface area contributed by atoms with E-state index in [9.17, 15) is 19.3 Å². The lowest BCUT2D eigenvalue weighted by Crippen LogP contribution is -2.33. The van der Waals surface area contributed by atoms with E-state index < -0.39 is 23.1 Å². The number of nitro groups is 1. The summed E-state index contributed by atoms with van der Waals surface area (Å²) in [5.41, 5.74) is -0.465. The molecule has 21 heavy (non-hydrogen) atoms. The molecule has 1 heterocycles. The van der Waals surface area contributed by atoms with Crippen LogP contribution in [0.25, 0.3) is 0 Å². The Kier molecular flexibility index (Phi) is 4.69. The number of carbonyl (C=O) groups is 1. The third kappa shape index (κ3) is 3.46. The molecule has 0 bridgehead atoms. The first-order chi connectivity index (χ1) is 10.0. The van der Waals surface area contributed by atoms with Crippen LogP contribution in [0.2, 0.25) is 0 Å². The second kappa shape index (κ2) is 6.49. The Morgan fingerprint density at radius 2 is 2.10 bits per heavy atom. The third-order valence-corrected chi connectivity index (χ3v) is 3.23. The molecular weight excluding hydrogens is 283 g/mol. The number of likely N-dealkylation sites (tertiary alicyclic amines) is 1. The second-order valence-corrected chi connectivity index (χ2v) is 4.58. The summed E-state index contributed by atoms with van der Waals surface area (Å²) in [5.74, 6) is -0.923. The number of benzene rings is 1. The number of carbonyl (C=O) groups excluding carboxylic acids is 1. The van der Waals surface area contributed by atoms with Gasteiger partial charge < -0.3 is 9.47 Å². The summed E-state index contributed by atoms with van der Waals surface area (Å²) < 4.78 is 23.5. The van der Waals surface area contributed by atoms with Crippen molar-refractivity contribution in [3.63, 3.8) is 0 Å². The molecule has 1 aromatic carbocycles. The molecule has 8 heteroatoms. The lowest BCUT2D eigenvalue weighted by Gasteiger charge is -2.20. The van der Waals surface area contributed by atoms with E-state index in [1.807, 2.05) is 0 Å². The van der Waals surface area contributed by atoms with Crippen LogP contribution in [-0.4, -0.2) is 42.5 Å². The smallest absolute Gasteiger partial charge is 0.338 e. The first kappa shape index (κ1) is 15.2. The highest BCUT2D eigenvalue weighted by molar-refractivity contribution is 5.90. The van der Waals surface area contributed by atoms with Gasteiger partial charge in [-0.2, -0.15) is 4.39 Å². The Labute approximate surface area is 120 Å². The molecule has 0 amide bonds. The van der Waals surface area contributed by atoms with Crippen LogP contribution in [0.3, 0.4) is 0 Å². The standard InChI is InChI=1S/C13H15FN2O5/c1-20-12(17)9-4-5-11(10(8-9)16(18)19)21-13(14)15-6-2-3-7-15/h4-5,8,13H,2-3,6-7H2,1H3. The van der Waals surface area contributed by atoms with Gasteiger partial charge in [0.1, 0.15) is 0 Å². The number of nitrogens with zero attached hydrogens (tertiary/aromatic N) is 2. The molecule has 1 unspecified atom stereocenters. The van der Waals surface area contributed by atoms with E-state index in [1.165, 1.54) is 24.1 Å². The van der Waals surface area contributed by atoms with Gasteiger partial charge in [-0.05, 0) is 25.0 Å². The van der Waals surface area contributed by atoms with Gasteiger partial charge in [-0.1, -0.05) is 0 Å². The number of ether oxygens (including phenoxy) is 2. The van der Waals surface area contributed by atoms with Gasteiger partial charge in [-0.25, -0.2) is 9.69 Å². The van der Waals surface area contributed by atoms with Gasteiger partial charge in [0.25, 0.3) is 6.48 Å².